The van der Waals surface area contributed by atoms with Gasteiger partial charge in [0.1, 0.15) is 0 Å². The third kappa shape index (κ3) is 6.84. The number of halogens is 1. The van der Waals surface area contributed by atoms with Gasteiger partial charge in [-0.15, -0.1) is 0 Å². The molecule has 0 bridgehead atoms. The number of anilines is 1. The van der Waals surface area contributed by atoms with Crippen LogP contribution in [-0.2, 0) is 4.79 Å². The predicted molar refractivity (Wildman–Crippen MR) is 113 cm³/mol. The van der Waals surface area contributed by atoms with E-state index in [4.69, 9.17) is 0 Å². The number of hydrogen-bond donors (Lipinski definition) is 2. The largest absolute Gasteiger partial charge is 0.376 e. The number of nitrogens with zero attached hydrogens (tertiary/aromatic N) is 1. The Morgan fingerprint density at radius 3 is 2.38 bits per heavy atom. The van der Waals surface area contributed by atoms with E-state index < -0.39 is 0 Å². The lowest BCUT2D eigenvalue weighted by Gasteiger charge is -2.05. The molecule has 2 rings (SSSR count). The van der Waals surface area contributed by atoms with E-state index >= 15 is 0 Å². The zero-order valence-corrected chi connectivity index (χ0v) is 16.9. The van der Waals surface area contributed by atoms with Crippen LogP contribution in [0.15, 0.2) is 63.7 Å². The van der Waals surface area contributed by atoms with Crippen LogP contribution in [0.5, 0.6) is 0 Å². The number of amides is 1. The fraction of sp³-hybridized carbons (Fsp3) is 0.238. The minimum absolute atomic E-state index is 0.165. The number of allylic oxidation sites excluding steroid dienone is 1. The summed E-state index contributed by atoms with van der Waals surface area (Å²) in [6.07, 6.45) is 3.67. The zero-order chi connectivity index (χ0) is 18.9. The first kappa shape index (κ1) is 19.9. The van der Waals surface area contributed by atoms with E-state index in [1.54, 1.807) is 6.21 Å². The van der Waals surface area contributed by atoms with E-state index in [1.165, 1.54) is 5.56 Å². The van der Waals surface area contributed by atoms with Gasteiger partial charge in [0.05, 0.1) is 12.8 Å². The van der Waals surface area contributed by atoms with Crippen molar-refractivity contribution in [3.8, 4) is 0 Å². The molecule has 0 fully saturated rings. The second-order valence-corrected chi connectivity index (χ2v) is 7.28. The van der Waals surface area contributed by atoms with Crippen molar-refractivity contribution in [2.45, 2.75) is 26.7 Å². The van der Waals surface area contributed by atoms with Gasteiger partial charge in [0.25, 0.3) is 5.91 Å². The van der Waals surface area contributed by atoms with Gasteiger partial charge in [-0.25, -0.2) is 5.43 Å². The van der Waals surface area contributed by atoms with Crippen LogP contribution in [0.4, 0.5) is 5.69 Å². The Balaban J connectivity index is 1.80. The number of carbonyl (C=O) groups is 1. The summed E-state index contributed by atoms with van der Waals surface area (Å²) in [6.45, 7) is 6.47. The van der Waals surface area contributed by atoms with Gasteiger partial charge in [-0.05, 0) is 53.8 Å². The van der Waals surface area contributed by atoms with Crippen LogP contribution >= 0.6 is 15.9 Å². The Kier molecular flexibility index (Phi) is 7.60. The van der Waals surface area contributed by atoms with Crippen LogP contribution in [0.25, 0.3) is 6.08 Å². The molecule has 0 aliphatic heterocycles. The molecule has 0 aliphatic rings. The van der Waals surface area contributed by atoms with Crippen molar-refractivity contribution in [1.82, 2.24) is 5.43 Å². The molecule has 5 heteroatoms. The molecule has 0 unspecified atom stereocenters. The third-order valence-corrected chi connectivity index (χ3v) is 4.28. The van der Waals surface area contributed by atoms with Crippen molar-refractivity contribution < 1.29 is 4.79 Å². The molecule has 26 heavy (non-hydrogen) atoms. The van der Waals surface area contributed by atoms with Crippen LogP contribution in [-0.4, -0.2) is 18.7 Å². The highest BCUT2D eigenvalue weighted by molar-refractivity contribution is 9.10. The summed E-state index contributed by atoms with van der Waals surface area (Å²) >= 11 is 3.38. The maximum absolute atomic E-state index is 11.8. The summed E-state index contributed by atoms with van der Waals surface area (Å²) in [5, 5.41) is 7.04. The second-order valence-electron chi connectivity index (χ2n) is 6.36. The van der Waals surface area contributed by atoms with Gasteiger partial charge in [0, 0.05) is 10.2 Å². The Morgan fingerprint density at radius 1 is 1.12 bits per heavy atom. The maximum atomic E-state index is 11.8. The minimum Gasteiger partial charge on any atom is -0.376 e. The molecule has 0 saturated heterocycles. The van der Waals surface area contributed by atoms with Crippen LogP contribution in [0.3, 0.4) is 0 Å². The Bertz CT molecular complexity index is 778. The summed E-state index contributed by atoms with van der Waals surface area (Å²) in [6, 6.07) is 16.1. The fourth-order valence-corrected chi connectivity index (χ4v) is 2.54. The minimum atomic E-state index is -0.196. The predicted octanol–water partition coefficient (Wildman–Crippen LogP) is 5.19. The molecule has 0 saturated carbocycles. The van der Waals surface area contributed by atoms with Crippen molar-refractivity contribution in [3.63, 3.8) is 0 Å². The molecule has 0 atom stereocenters. The molecule has 0 aromatic heterocycles. The first-order valence-electron chi connectivity index (χ1n) is 8.53. The van der Waals surface area contributed by atoms with Crippen molar-refractivity contribution in [3.05, 3.63) is 69.7 Å². The van der Waals surface area contributed by atoms with Crippen LogP contribution in [0.2, 0.25) is 0 Å². The number of hydrazone groups is 1. The van der Waals surface area contributed by atoms with Crippen molar-refractivity contribution in [2.75, 3.05) is 11.9 Å². The highest BCUT2D eigenvalue weighted by Gasteiger charge is 2.00. The molecule has 2 N–H and O–H groups in total. The summed E-state index contributed by atoms with van der Waals surface area (Å²) in [7, 11) is 0. The van der Waals surface area contributed by atoms with E-state index in [9.17, 15) is 4.79 Å². The molecule has 0 spiro atoms. The lowest BCUT2D eigenvalue weighted by atomic mass is 10.0. The van der Waals surface area contributed by atoms with Crippen LogP contribution in [0.1, 0.15) is 37.8 Å². The van der Waals surface area contributed by atoms with E-state index in [0.717, 1.165) is 21.3 Å². The topological polar surface area (TPSA) is 53.5 Å². The van der Waals surface area contributed by atoms with Gasteiger partial charge in [-0.3, -0.25) is 4.79 Å². The quantitative estimate of drug-likeness (QED) is 0.484. The van der Waals surface area contributed by atoms with Crippen LogP contribution < -0.4 is 10.7 Å². The second kappa shape index (κ2) is 9.92. The smallest absolute Gasteiger partial charge is 0.259 e. The molecule has 0 aliphatic carbocycles. The van der Waals surface area contributed by atoms with Crippen molar-refractivity contribution >= 4 is 39.8 Å². The average molecular weight is 414 g/mol. The normalized spacial score (nSPS) is 11.8. The number of hydrogen-bond acceptors (Lipinski definition) is 3. The van der Waals surface area contributed by atoms with Gasteiger partial charge in [-0.1, -0.05) is 60.1 Å². The van der Waals surface area contributed by atoms with E-state index in [-0.39, 0.29) is 12.5 Å². The molecular formula is C21H24BrN3O. The molecule has 0 radical (unpaired) electrons. The van der Waals surface area contributed by atoms with Gasteiger partial charge in [0.2, 0.25) is 0 Å². The van der Waals surface area contributed by atoms with Gasteiger partial charge in [-0.2, -0.15) is 5.10 Å². The maximum Gasteiger partial charge on any atom is 0.259 e. The molecule has 0 heterocycles. The van der Waals surface area contributed by atoms with Gasteiger partial charge in [0.15, 0.2) is 0 Å². The Labute approximate surface area is 163 Å². The van der Waals surface area contributed by atoms with Gasteiger partial charge < -0.3 is 5.32 Å². The Morgan fingerprint density at radius 2 is 1.77 bits per heavy atom. The van der Waals surface area contributed by atoms with Crippen LogP contribution in [0, 0.1) is 0 Å². The number of carbonyl (C=O) groups excluding carboxylic acids is 1. The standard InChI is InChI=1S/C21H24BrN3O/c1-15(2)18-6-4-17(5-7-18)12-16(3)13-24-25-21(26)14-23-20-10-8-19(22)9-11-20/h4-13,15,23H,14H2,1-3H3,(H,25,26)/b16-12-,24-13+. The molecular weight excluding hydrogens is 390 g/mol. The van der Waals surface area contributed by atoms with Crippen molar-refractivity contribution in [2.24, 2.45) is 5.10 Å². The summed E-state index contributed by atoms with van der Waals surface area (Å²) in [5.74, 6) is 0.329. The SMILES string of the molecule is CC(=C/c1ccc(C(C)C)cc1)/C=N/NC(=O)CNc1ccc(Br)cc1. The van der Waals surface area contributed by atoms with E-state index in [0.29, 0.717) is 5.92 Å². The Hall–Kier alpha value is -2.40. The zero-order valence-electron chi connectivity index (χ0n) is 15.3. The molecule has 2 aromatic rings. The van der Waals surface area contributed by atoms with E-state index in [1.807, 2.05) is 37.3 Å². The number of rotatable bonds is 7. The lowest BCUT2D eigenvalue weighted by molar-refractivity contribution is -0.119. The summed E-state index contributed by atoms with van der Waals surface area (Å²) < 4.78 is 0.998. The summed E-state index contributed by atoms with van der Waals surface area (Å²) in [4.78, 5) is 11.8. The number of benzene rings is 2. The summed E-state index contributed by atoms with van der Waals surface area (Å²) in [5.41, 5.74) is 6.80. The van der Waals surface area contributed by atoms with E-state index in [2.05, 4.69) is 69.9 Å². The number of nitrogens with one attached hydrogen (secondary N) is 2. The molecule has 2 aromatic carbocycles. The first-order valence-corrected chi connectivity index (χ1v) is 9.33. The third-order valence-electron chi connectivity index (χ3n) is 3.75. The monoisotopic (exact) mass is 413 g/mol. The van der Waals surface area contributed by atoms with Gasteiger partial charge >= 0.3 is 0 Å². The molecule has 136 valence electrons. The average Bonchev–Trinajstić information content (AvgIpc) is 2.61. The highest BCUT2D eigenvalue weighted by atomic mass is 79.9. The lowest BCUT2D eigenvalue weighted by Crippen LogP contribution is -2.25. The van der Waals surface area contributed by atoms with Crippen molar-refractivity contribution in [1.29, 1.82) is 0 Å². The molecule has 4 nitrogen and oxygen atoms in total. The first-order chi connectivity index (χ1) is 12.4. The fourth-order valence-electron chi connectivity index (χ4n) is 2.27. The highest BCUT2D eigenvalue weighted by Crippen LogP contribution is 2.16. The molecule has 1 amide bonds.